The maximum atomic E-state index is 12.2. The largest absolute Gasteiger partial charge is 0.359 e. The summed E-state index contributed by atoms with van der Waals surface area (Å²) in [5, 5.41) is 2.65. The van der Waals surface area contributed by atoms with Crippen LogP contribution in [-0.2, 0) is 11.2 Å². The minimum Gasteiger partial charge on any atom is -0.359 e. The van der Waals surface area contributed by atoms with Gasteiger partial charge in [-0.3, -0.25) is 9.69 Å². The van der Waals surface area contributed by atoms with E-state index in [1.807, 2.05) is 18.2 Å². The lowest BCUT2D eigenvalue weighted by Gasteiger charge is -2.25. The number of nitrogens with zero attached hydrogens (tertiary/aromatic N) is 2. The molecule has 0 saturated carbocycles. The third-order valence-electron chi connectivity index (χ3n) is 3.81. The number of amides is 3. The summed E-state index contributed by atoms with van der Waals surface area (Å²) in [4.78, 5) is 27.1. The van der Waals surface area contributed by atoms with Gasteiger partial charge in [0.05, 0.1) is 6.54 Å². The van der Waals surface area contributed by atoms with E-state index in [9.17, 15) is 9.59 Å². The highest BCUT2D eigenvalue weighted by atomic mass is 16.2. The number of anilines is 1. The molecule has 3 rings (SSSR count). The molecule has 0 aromatic heterocycles. The van der Waals surface area contributed by atoms with Crippen molar-refractivity contribution in [1.29, 1.82) is 0 Å². The molecule has 0 radical (unpaired) electrons. The van der Waals surface area contributed by atoms with Gasteiger partial charge in [0.15, 0.2) is 0 Å². The van der Waals surface area contributed by atoms with Crippen LogP contribution < -0.4 is 10.2 Å². The summed E-state index contributed by atoms with van der Waals surface area (Å²) >= 11 is 0. The number of rotatable bonds is 2. The molecule has 5 heteroatoms. The second-order valence-electron chi connectivity index (χ2n) is 5.09. The number of hydrogen-bond acceptors (Lipinski definition) is 3. The average molecular weight is 259 g/mol. The molecule has 19 heavy (non-hydrogen) atoms. The van der Waals surface area contributed by atoms with Gasteiger partial charge in [0.25, 0.3) is 0 Å². The standard InChI is InChI=1S/C14H17N3O2/c1-10-8-11-4-2-3-5-12(11)17(10)9-13(18)16-7-6-15-14(16)19/h2-5,10H,6-9H2,1H3,(H,15,19). The third-order valence-corrected chi connectivity index (χ3v) is 3.81. The first-order chi connectivity index (χ1) is 9.16. The Kier molecular flexibility index (Phi) is 2.89. The van der Waals surface area contributed by atoms with Crippen molar-refractivity contribution in [2.75, 3.05) is 24.5 Å². The van der Waals surface area contributed by atoms with Crippen molar-refractivity contribution in [1.82, 2.24) is 10.2 Å². The first-order valence-corrected chi connectivity index (χ1v) is 6.59. The average Bonchev–Trinajstić information content (AvgIpc) is 2.94. The Balaban J connectivity index is 1.76. The van der Waals surface area contributed by atoms with E-state index >= 15 is 0 Å². The summed E-state index contributed by atoms with van der Waals surface area (Å²) in [7, 11) is 0. The van der Waals surface area contributed by atoms with Gasteiger partial charge >= 0.3 is 6.03 Å². The molecule has 1 saturated heterocycles. The molecule has 1 N–H and O–H groups in total. The molecule has 1 aromatic rings. The molecule has 1 aromatic carbocycles. The van der Waals surface area contributed by atoms with Crippen molar-refractivity contribution >= 4 is 17.6 Å². The van der Waals surface area contributed by atoms with Crippen LogP contribution in [-0.4, -0.2) is 42.5 Å². The van der Waals surface area contributed by atoms with Crippen molar-refractivity contribution in [3.63, 3.8) is 0 Å². The van der Waals surface area contributed by atoms with Crippen LogP contribution in [0.1, 0.15) is 12.5 Å². The fourth-order valence-corrected chi connectivity index (χ4v) is 2.81. The normalized spacial score (nSPS) is 21.5. The molecule has 2 aliphatic heterocycles. The van der Waals surface area contributed by atoms with Crippen LogP contribution in [0.5, 0.6) is 0 Å². The van der Waals surface area contributed by atoms with Crippen molar-refractivity contribution in [3.8, 4) is 0 Å². The lowest BCUT2D eigenvalue weighted by atomic mass is 10.1. The number of nitrogens with one attached hydrogen (secondary N) is 1. The van der Waals surface area contributed by atoms with Crippen LogP contribution in [0.25, 0.3) is 0 Å². The van der Waals surface area contributed by atoms with Crippen molar-refractivity contribution in [2.24, 2.45) is 0 Å². The Labute approximate surface area is 112 Å². The van der Waals surface area contributed by atoms with Gasteiger partial charge in [-0.2, -0.15) is 0 Å². The van der Waals surface area contributed by atoms with Gasteiger partial charge in [-0.1, -0.05) is 18.2 Å². The van der Waals surface area contributed by atoms with Crippen molar-refractivity contribution in [2.45, 2.75) is 19.4 Å². The van der Waals surface area contributed by atoms with Gasteiger partial charge in [0.1, 0.15) is 0 Å². The Morgan fingerprint density at radius 3 is 2.95 bits per heavy atom. The van der Waals surface area contributed by atoms with Gasteiger partial charge in [-0.25, -0.2) is 4.79 Å². The number of carbonyl (C=O) groups is 2. The zero-order valence-electron chi connectivity index (χ0n) is 10.9. The van der Waals surface area contributed by atoms with E-state index in [1.54, 1.807) is 0 Å². The summed E-state index contributed by atoms with van der Waals surface area (Å²) in [6.07, 6.45) is 0.954. The second-order valence-corrected chi connectivity index (χ2v) is 5.09. The zero-order chi connectivity index (χ0) is 13.4. The Morgan fingerprint density at radius 1 is 1.42 bits per heavy atom. The summed E-state index contributed by atoms with van der Waals surface area (Å²) in [6, 6.07) is 8.16. The van der Waals surface area contributed by atoms with Crippen molar-refractivity contribution < 1.29 is 9.59 Å². The van der Waals surface area contributed by atoms with Crippen LogP contribution in [0.4, 0.5) is 10.5 Å². The van der Waals surface area contributed by atoms with Gasteiger partial charge in [0.2, 0.25) is 5.91 Å². The van der Waals surface area contributed by atoms with E-state index in [4.69, 9.17) is 0 Å². The highest BCUT2D eigenvalue weighted by Crippen LogP contribution is 2.31. The maximum absolute atomic E-state index is 12.2. The highest BCUT2D eigenvalue weighted by Gasteiger charge is 2.32. The summed E-state index contributed by atoms with van der Waals surface area (Å²) in [5.41, 5.74) is 2.39. The van der Waals surface area contributed by atoms with E-state index in [-0.39, 0.29) is 18.5 Å². The van der Waals surface area contributed by atoms with E-state index in [1.165, 1.54) is 10.5 Å². The van der Waals surface area contributed by atoms with Crippen LogP contribution in [0.2, 0.25) is 0 Å². The quantitative estimate of drug-likeness (QED) is 0.861. The fraction of sp³-hybridized carbons (Fsp3) is 0.429. The van der Waals surface area contributed by atoms with E-state index in [0.717, 1.165) is 12.1 Å². The number of urea groups is 1. The molecule has 5 nitrogen and oxygen atoms in total. The van der Waals surface area contributed by atoms with Crippen LogP contribution in [0, 0.1) is 0 Å². The number of para-hydroxylation sites is 1. The van der Waals surface area contributed by atoms with Crippen LogP contribution >= 0.6 is 0 Å². The first kappa shape index (κ1) is 12.0. The monoisotopic (exact) mass is 259 g/mol. The summed E-state index contributed by atoms with van der Waals surface area (Å²) in [6.45, 7) is 3.40. The van der Waals surface area contributed by atoms with Gasteiger partial charge in [0, 0.05) is 24.8 Å². The molecular formula is C14H17N3O2. The fourth-order valence-electron chi connectivity index (χ4n) is 2.81. The van der Waals surface area contributed by atoms with Crippen LogP contribution in [0.15, 0.2) is 24.3 Å². The number of carbonyl (C=O) groups excluding carboxylic acids is 2. The van der Waals surface area contributed by atoms with E-state index in [0.29, 0.717) is 19.1 Å². The van der Waals surface area contributed by atoms with Gasteiger partial charge in [-0.15, -0.1) is 0 Å². The highest BCUT2D eigenvalue weighted by molar-refractivity contribution is 5.98. The second kappa shape index (κ2) is 4.57. The molecule has 0 aliphatic carbocycles. The molecule has 0 spiro atoms. The summed E-state index contributed by atoms with van der Waals surface area (Å²) in [5.74, 6) is -0.126. The number of imide groups is 1. The third kappa shape index (κ3) is 2.05. The number of hydrogen-bond donors (Lipinski definition) is 1. The molecule has 0 bridgehead atoms. The Hall–Kier alpha value is -2.04. The number of benzene rings is 1. The molecule has 2 heterocycles. The SMILES string of the molecule is CC1Cc2ccccc2N1CC(=O)N1CCNC1=O. The minimum absolute atomic E-state index is 0.126. The zero-order valence-corrected chi connectivity index (χ0v) is 10.9. The molecule has 1 atom stereocenters. The maximum Gasteiger partial charge on any atom is 0.324 e. The summed E-state index contributed by atoms with van der Waals surface area (Å²) < 4.78 is 0. The lowest BCUT2D eigenvalue weighted by molar-refractivity contribution is -0.126. The van der Waals surface area contributed by atoms with E-state index in [2.05, 4.69) is 23.2 Å². The molecule has 2 aliphatic rings. The molecule has 3 amide bonds. The van der Waals surface area contributed by atoms with Crippen LogP contribution in [0.3, 0.4) is 0 Å². The Morgan fingerprint density at radius 2 is 2.21 bits per heavy atom. The van der Waals surface area contributed by atoms with Crippen molar-refractivity contribution in [3.05, 3.63) is 29.8 Å². The predicted molar refractivity (Wildman–Crippen MR) is 72.1 cm³/mol. The predicted octanol–water partition coefficient (Wildman–Crippen LogP) is 0.989. The molecular weight excluding hydrogens is 242 g/mol. The lowest BCUT2D eigenvalue weighted by Crippen LogP contribution is -2.43. The molecule has 100 valence electrons. The van der Waals surface area contributed by atoms with Gasteiger partial charge < -0.3 is 10.2 Å². The molecule has 1 unspecified atom stereocenters. The topological polar surface area (TPSA) is 52.7 Å². The molecule has 1 fully saturated rings. The number of fused-ring (bicyclic) bond motifs is 1. The smallest absolute Gasteiger partial charge is 0.324 e. The first-order valence-electron chi connectivity index (χ1n) is 6.59. The minimum atomic E-state index is -0.273. The van der Waals surface area contributed by atoms with E-state index < -0.39 is 0 Å². The van der Waals surface area contributed by atoms with Gasteiger partial charge in [-0.05, 0) is 25.0 Å². The Bertz CT molecular complexity index is 529.